The van der Waals surface area contributed by atoms with Crippen LogP contribution >= 0.6 is 11.6 Å². The Hall–Kier alpha value is -3.19. The van der Waals surface area contributed by atoms with Crippen LogP contribution in [-0.2, 0) is 22.6 Å². The van der Waals surface area contributed by atoms with Gasteiger partial charge < -0.3 is 23.4 Å². The van der Waals surface area contributed by atoms with Gasteiger partial charge in [-0.2, -0.15) is 0 Å². The van der Waals surface area contributed by atoms with Gasteiger partial charge in [-0.3, -0.25) is 4.79 Å². The van der Waals surface area contributed by atoms with Gasteiger partial charge in [0.2, 0.25) is 0 Å². The number of benzene rings is 2. The summed E-state index contributed by atoms with van der Waals surface area (Å²) in [5.41, 5.74) is 1.91. The van der Waals surface area contributed by atoms with Crippen LogP contribution in [0.15, 0.2) is 39.5 Å². The summed E-state index contributed by atoms with van der Waals surface area (Å²) in [7, 11) is 1.55. The Morgan fingerprint density at radius 3 is 2.78 bits per heavy atom. The van der Waals surface area contributed by atoms with Crippen molar-refractivity contribution in [3.8, 4) is 17.2 Å². The van der Waals surface area contributed by atoms with Crippen LogP contribution in [0.4, 0.5) is 0 Å². The number of fused-ring (bicyclic) bond motifs is 2. The van der Waals surface area contributed by atoms with E-state index in [1.165, 1.54) is 0 Å². The van der Waals surface area contributed by atoms with E-state index < -0.39 is 11.6 Å². The lowest BCUT2D eigenvalue weighted by atomic mass is 10.0. The topological polar surface area (TPSA) is 84.2 Å². The van der Waals surface area contributed by atoms with Crippen LogP contribution in [0.3, 0.4) is 0 Å². The zero-order chi connectivity index (χ0) is 22.7. The van der Waals surface area contributed by atoms with Gasteiger partial charge in [-0.15, -0.1) is 0 Å². The fourth-order valence-corrected chi connectivity index (χ4v) is 3.91. The summed E-state index contributed by atoms with van der Waals surface area (Å²) < 4.78 is 27.2. The first-order valence-electron chi connectivity index (χ1n) is 10.3. The van der Waals surface area contributed by atoms with Crippen LogP contribution in [0.1, 0.15) is 29.5 Å². The molecule has 4 rings (SSSR count). The average molecular weight is 459 g/mol. The maximum absolute atomic E-state index is 12.4. The maximum atomic E-state index is 12.4. The minimum Gasteiger partial charge on any atom is -0.497 e. The first kappa shape index (κ1) is 22.0. The highest BCUT2D eigenvalue weighted by Gasteiger charge is 2.17. The molecule has 0 amide bonds. The molecule has 8 heteroatoms. The van der Waals surface area contributed by atoms with Crippen molar-refractivity contribution in [3.05, 3.63) is 62.5 Å². The van der Waals surface area contributed by atoms with Gasteiger partial charge in [0.05, 0.1) is 25.3 Å². The quantitative estimate of drug-likeness (QED) is 0.394. The van der Waals surface area contributed by atoms with Crippen molar-refractivity contribution in [1.29, 1.82) is 0 Å². The first-order chi connectivity index (χ1) is 15.5. The van der Waals surface area contributed by atoms with Crippen LogP contribution in [-0.4, -0.2) is 26.3 Å². The molecule has 0 saturated heterocycles. The zero-order valence-electron chi connectivity index (χ0n) is 17.9. The minimum atomic E-state index is -0.467. The Bertz CT molecular complexity index is 1220. The molecule has 0 aliphatic carbocycles. The second kappa shape index (κ2) is 9.53. The van der Waals surface area contributed by atoms with Crippen LogP contribution in [0, 0.1) is 6.92 Å². The summed E-state index contributed by atoms with van der Waals surface area (Å²) in [4.78, 5) is 24.8. The average Bonchev–Trinajstić information content (AvgIpc) is 3.03. The zero-order valence-corrected chi connectivity index (χ0v) is 18.6. The standard InChI is InChI=1S/C24H23ClO7/c1-14-17-5-4-16(28-2)12-20(17)32-24(27)18(14)6-7-22(26)31-13-15-10-19(25)23-21(11-15)29-8-3-9-30-23/h4-5,10-12H,3,6-9,13H2,1-2H3. The van der Waals surface area contributed by atoms with E-state index in [2.05, 4.69) is 0 Å². The molecule has 7 nitrogen and oxygen atoms in total. The van der Waals surface area contributed by atoms with Crippen molar-refractivity contribution >= 4 is 28.5 Å². The summed E-state index contributed by atoms with van der Waals surface area (Å²) in [5, 5.41) is 1.21. The molecular weight excluding hydrogens is 436 g/mol. The predicted octanol–water partition coefficient (Wildman–Crippen LogP) is 4.60. The molecule has 1 aliphatic rings. The van der Waals surface area contributed by atoms with Crippen molar-refractivity contribution < 1.29 is 28.2 Å². The predicted molar refractivity (Wildman–Crippen MR) is 119 cm³/mol. The molecule has 0 saturated carbocycles. The van der Waals surface area contributed by atoms with Crippen LogP contribution in [0.25, 0.3) is 11.0 Å². The molecular formula is C24H23ClO7. The number of hydrogen-bond acceptors (Lipinski definition) is 7. The number of methoxy groups -OCH3 is 1. The third kappa shape index (κ3) is 4.67. The number of carbonyl (C=O) groups is 1. The second-order valence-electron chi connectivity index (χ2n) is 7.47. The van der Waals surface area contributed by atoms with Crippen LogP contribution in [0.5, 0.6) is 17.2 Å². The lowest BCUT2D eigenvalue weighted by molar-refractivity contribution is -0.144. The first-order valence-corrected chi connectivity index (χ1v) is 10.7. The Morgan fingerprint density at radius 1 is 1.16 bits per heavy atom. The van der Waals surface area contributed by atoms with Gasteiger partial charge in [-0.1, -0.05) is 11.6 Å². The van der Waals surface area contributed by atoms with Crippen LogP contribution in [0.2, 0.25) is 5.02 Å². The second-order valence-corrected chi connectivity index (χ2v) is 7.88. The summed E-state index contributed by atoms with van der Waals surface area (Å²) in [6.07, 6.45) is 1.04. The van der Waals surface area contributed by atoms with E-state index in [9.17, 15) is 9.59 Å². The lowest BCUT2D eigenvalue weighted by Gasteiger charge is -2.12. The Labute approximate surface area is 189 Å². The highest BCUT2D eigenvalue weighted by atomic mass is 35.5. The molecule has 0 fully saturated rings. The lowest BCUT2D eigenvalue weighted by Crippen LogP contribution is -2.14. The van der Waals surface area contributed by atoms with E-state index in [1.807, 2.05) is 13.0 Å². The molecule has 2 aromatic carbocycles. The number of ether oxygens (including phenoxy) is 4. The number of esters is 1. The monoisotopic (exact) mass is 458 g/mol. The molecule has 1 aromatic heterocycles. The Balaban J connectivity index is 1.41. The molecule has 3 aromatic rings. The molecule has 32 heavy (non-hydrogen) atoms. The van der Waals surface area contributed by atoms with Crippen molar-refractivity contribution in [1.82, 2.24) is 0 Å². The summed E-state index contributed by atoms with van der Waals surface area (Å²) in [6, 6.07) is 8.76. The molecule has 0 bridgehead atoms. The third-order valence-corrected chi connectivity index (χ3v) is 5.62. The normalized spacial score (nSPS) is 13.0. The molecule has 2 heterocycles. The van der Waals surface area contributed by atoms with Crippen molar-refractivity contribution in [2.24, 2.45) is 0 Å². The van der Waals surface area contributed by atoms with E-state index >= 15 is 0 Å². The summed E-state index contributed by atoms with van der Waals surface area (Å²) in [5.74, 6) is 1.23. The molecule has 0 N–H and O–H groups in total. The largest absolute Gasteiger partial charge is 0.497 e. The fourth-order valence-electron chi connectivity index (χ4n) is 3.62. The van der Waals surface area contributed by atoms with Gasteiger partial charge >= 0.3 is 11.6 Å². The van der Waals surface area contributed by atoms with Gasteiger partial charge in [-0.25, -0.2) is 4.79 Å². The summed E-state index contributed by atoms with van der Waals surface area (Å²) >= 11 is 6.28. The molecule has 0 atom stereocenters. The molecule has 0 radical (unpaired) electrons. The number of rotatable bonds is 6. The molecule has 168 valence electrons. The van der Waals surface area contributed by atoms with E-state index in [0.29, 0.717) is 52.2 Å². The smallest absolute Gasteiger partial charge is 0.339 e. The van der Waals surface area contributed by atoms with Crippen molar-refractivity contribution in [3.63, 3.8) is 0 Å². The maximum Gasteiger partial charge on any atom is 0.339 e. The Morgan fingerprint density at radius 2 is 1.97 bits per heavy atom. The van der Waals surface area contributed by atoms with E-state index in [-0.39, 0.29) is 19.4 Å². The van der Waals surface area contributed by atoms with E-state index in [0.717, 1.165) is 17.4 Å². The van der Waals surface area contributed by atoms with Gasteiger partial charge in [-0.05, 0) is 48.7 Å². The minimum absolute atomic E-state index is 0.0420. The SMILES string of the molecule is COc1ccc2c(C)c(CCC(=O)OCc3cc(Cl)c4c(c3)OCCCO4)c(=O)oc2c1. The van der Waals surface area contributed by atoms with E-state index in [4.69, 9.17) is 35.0 Å². The van der Waals surface area contributed by atoms with Gasteiger partial charge in [0.25, 0.3) is 0 Å². The number of halogens is 1. The number of hydrogen-bond donors (Lipinski definition) is 0. The molecule has 0 spiro atoms. The number of carbonyl (C=O) groups excluding carboxylic acids is 1. The fraction of sp³-hybridized carbons (Fsp3) is 0.333. The number of aryl methyl sites for hydroxylation is 1. The highest BCUT2D eigenvalue weighted by Crippen LogP contribution is 2.38. The molecule has 0 unspecified atom stereocenters. The molecule has 1 aliphatic heterocycles. The van der Waals surface area contributed by atoms with Crippen LogP contribution < -0.4 is 19.8 Å². The Kier molecular flexibility index (Phi) is 6.55. The third-order valence-electron chi connectivity index (χ3n) is 5.34. The summed E-state index contributed by atoms with van der Waals surface area (Å²) in [6.45, 7) is 2.95. The van der Waals surface area contributed by atoms with Gasteiger partial charge in [0, 0.05) is 29.9 Å². The van der Waals surface area contributed by atoms with Gasteiger partial charge in [0.15, 0.2) is 11.5 Å². The van der Waals surface area contributed by atoms with Crippen molar-refractivity contribution in [2.45, 2.75) is 32.8 Å². The van der Waals surface area contributed by atoms with Crippen molar-refractivity contribution in [2.75, 3.05) is 20.3 Å². The van der Waals surface area contributed by atoms with E-state index in [1.54, 1.807) is 31.4 Å². The highest BCUT2D eigenvalue weighted by molar-refractivity contribution is 6.32. The van der Waals surface area contributed by atoms with Gasteiger partial charge in [0.1, 0.15) is 17.9 Å².